The summed E-state index contributed by atoms with van der Waals surface area (Å²) in [6, 6.07) is 0.693. The highest BCUT2D eigenvalue weighted by Gasteiger charge is 2.23. The largest absolute Gasteiger partial charge is 0.481 e. The molecule has 1 aromatic rings. The normalized spacial score (nSPS) is 13.5. The second-order valence-corrected chi connectivity index (χ2v) is 8.23. The van der Waals surface area contributed by atoms with Crippen LogP contribution in [-0.2, 0) is 14.8 Å². The van der Waals surface area contributed by atoms with E-state index in [9.17, 15) is 13.2 Å². The summed E-state index contributed by atoms with van der Waals surface area (Å²) in [6.45, 7) is 1.72. The van der Waals surface area contributed by atoms with Gasteiger partial charge >= 0.3 is 5.97 Å². The van der Waals surface area contributed by atoms with Crippen molar-refractivity contribution in [2.75, 3.05) is 0 Å². The topological polar surface area (TPSA) is 83.5 Å². The Hall–Kier alpha value is -0.150. The van der Waals surface area contributed by atoms with Crippen molar-refractivity contribution in [2.24, 2.45) is 0 Å². The molecule has 0 saturated carbocycles. The zero-order chi connectivity index (χ0) is 13.9. The van der Waals surface area contributed by atoms with Gasteiger partial charge in [-0.1, -0.05) is 18.5 Å². The maximum atomic E-state index is 12.0. The fourth-order valence-corrected chi connectivity index (χ4v) is 4.95. The van der Waals surface area contributed by atoms with E-state index in [0.717, 1.165) is 11.3 Å². The molecule has 0 radical (unpaired) electrons. The highest BCUT2D eigenvalue weighted by atomic mass is 79.9. The number of rotatable bonds is 6. The van der Waals surface area contributed by atoms with Crippen LogP contribution >= 0.6 is 38.9 Å². The predicted octanol–water partition coefficient (Wildman–Crippen LogP) is 2.70. The zero-order valence-corrected chi connectivity index (χ0v) is 13.3. The molecule has 18 heavy (non-hydrogen) atoms. The van der Waals surface area contributed by atoms with Crippen LogP contribution in [0.25, 0.3) is 0 Å². The van der Waals surface area contributed by atoms with E-state index >= 15 is 0 Å². The SMILES string of the molecule is CCC(CC(=O)O)NS(=O)(=O)c1cc(Cl)c(Br)s1. The third kappa shape index (κ3) is 4.20. The number of aliphatic carboxylic acids is 1. The Morgan fingerprint density at radius 3 is 2.67 bits per heavy atom. The molecule has 0 aliphatic rings. The number of hydrogen-bond acceptors (Lipinski definition) is 4. The van der Waals surface area contributed by atoms with E-state index in [0.29, 0.717) is 15.2 Å². The fourth-order valence-electron chi connectivity index (χ4n) is 1.22. The Morgan fingerprint density at radius 1 is 1.67 bits per heavy atom. The van der Waals surface area contributed by atoms with Gasteiger partial charge in [-0.3, -0.25) is 4.79 Å². The first-order valence-corrected chi connectivity index (χ1v) is 8.42. The number of halogens is 2. The Morgan fingerprint density at radius 2 is 2.28 bits per heavy atom. The van der Waals surface area contributed by atoms with Crippen molar-refractivity contribution in [3.63, 3.8) is 0 Å². The molecule has 0 saturated heterocycles. The molecule has 1 aromatic heterocycles. The van der Waals surface area contributed by atoms with Gasteiger partial charge in [-0.2, -0.15) is 0 Å². The van der Waals surface area contributed by atoms with Gasteiger partial charge in [0.1, 0.15) is 4.21 Å². The van der Waals surface area contributed by atoms with Crippen molar-refractivity contribution in [1.82, 2.24) is 4.72 Å². The summed E-state index contributed by atoms with van der Waals surface area (Å²) in [6.07, 6.45) is 0.141. The standard InChI is InChI=1S/C9H11BrClNO4S2/c1-2-5(3-7(13)14)12-18(15,16)8-4-6(11)9(10)17-8/h4-5,12H,2-3H2,1H3,(H,13,14). The van der Waals surface area contributed by atoms with Gasteiger partial charge in [0.05, 0.1) is 15.2 Å². The Labute approximate surface area is 122 Å². The first kappa shape index (κ1) is 15.9. The highest BCUT2D eigenvalue weighted by molar-refractivity contribution is 9.11. The van der Waals surface area contributed by atoms with Crippen molar-refractivity contribution in [2.45, 2.75) is 30.0 Å². The first-order valence-electron chi connectivity index (χ1n) is 4.95. The fraction of sp³-hybridized carbons (Fsp3) is 0.444. The van der Waals surface area contributed by atoms with Crippen molar-refractivity contribution >= 4 is 54.9 Å². The lowest BCUT2D eigenvalue weighted by molar-refractivity contribution is -0.137. The first-order chi connectivity index (χ1) is 8.26. The quantitative estimate of drug-likeness (QED) is 0.799. The Bertz CT molecular complexity index is 523. The minimum absolute atomic E-state index is 0.0585. The van der Waals surface area contributed by atoms with Gasteiger partial charge in [-0.25, -0.2) is 13.1 Å². The van der Waals surface area contributed by atoms with Crippen LogP contribution in [0.15, 0.2) is 14.1 Å². The summed E-state index contributed by atoms with van der Waals surface area (Å²) in [5.74, 6) is -1.05. The number of carboxylic acid groups (broad SMARTS) is 1. The molecule has 1 heterocycles. The van der Waals surface area contributed by atoms with Crippen molar-refractivity contribution in [3.8, 4) is 0 Å². The number of carboxylic acids is 1. The van der Waals surface area contributed by atoms with E-state index in [4.69, 9.17) is 16.7 Å². The molecule has 0 spiro atoms. The molecule has 0 aliphatic carbocycles. The lowest BCUT2D eigenvalue weighted by Crippen LogP contribution is -2.35. The third-order valence-corrected chi connectivity index (χ3v) is 6.59. The van der Waals surface area contributed by atoms with Crippen LogP contribution in [0, 0.1) is 0 Å². The molecule has 9 heteroatoms. The molecule has 1 atom stereocenters. The van der Waals surface area contributed by atoms with Gasteiger partial charge in [-0.05, 0) is 28.4 Å². The number of hydrogen-bond donors (Lipinski definition) is 2. The van der Waals surface area contributed by atoms with E-state index in [1.165, 1.54) is 6.07 Å². The monoisotopic (exact) mass is 375 g/mol. The average Bonchev–Trinajstić information content (AvgIpc) is 2.58. The van der Waals surface area contributed by atoms with Crippen LogP contribution in [0.4, 0.5) is 0 Å². The van der Waals surface area contributed by atoms with Gasteiger partial charge in [0, 0.05) is 6.04 Å². The molecular formula is C9H11BrClNO4S2. The molecule has 0 amide bonds. The molecule has 0 aromatic carbocycles. The van der Waals surface area contributed by atoms with E-state index in [2.05, 4.69) is 20.7 Å². The maximum absolute atomic E-state index is 12.0. The molecule has 5 nitrogen and oxygen atoms in total. The second-order valence-electron chi connectivity index (χ2n) is 3.51. The summed E-state index contributed by atoms with van der Waals surface area (Å²) in [5.41, 5.74) is 0. The van der Waals surface area contributed by atoms with E-state index < -0.39 is 22.0 Å². The van der Waals surface area contributed by atoms with Crippen LogP contribution in [0.5, 0.6) is 0 Å². The van der Waals surface area contributed by atoms with Crippen molar-refractivity contribution < 1.29 is 18.3 Å². The highest BCUT2D eigenvalue weighted by Crippen LogP contribution is 2.34. The van der Waals surface area contributed by atoms with Gasteiger partial charge in [-0.15, -0.1) is 11.3 Å². The lowest BCUT2D eigenvalue weighted by Gasteiger charge is -2.13. The van der Waals surface area contributed by atoms with E-state index in [-0.39, 0.29) is 10.6 Å². The zero-order valence-electron chi connectivity index (χ0n) is 9.31. The number of nitrogens with one attached hydrogen (secondary N) is 1. The van der Waals surface area contributed by atoms with Crippen LogP contribution < -0.4 is 4.72 Å². The van der Waals surface area contributed by atoms with Gasteiger partial charge in [0.2, 0.25) is 10.0 Å². The number of thiophene rings is 1. The molecule has 0 aliphatic heterocycles. The maximum Gasteiger partial charge on any atom is 0.304 e. The molecule has 2 N–H and O–H groups in total. The lowest BCUT2D eigenvalue weighted by atomic mass is 10.2. The summed E-state index contributed by atoms with van der Waals surface area (Å²) in [7, 11) is -3.73. The molecule has 102 valence electrons. The van der Waals surface area contributed by atoms with Crippen molar-refractivity contribution in [3.05, 3.63) is 14.9 Å². The molecule has 0 bridgehead atoms. The summed E-state index contributed by atoms with van der Waals surface area (Å²) in [4.78, 5) is 10.6. The van der Waals surface area contributed by atoms with Crippen LogP contribution in [0.2, 0.25) is 5.02 Å². The van der Waals surface area contributed by atoms with Gasteiger partial charge < -0.3 is 5.11 Å². The van der Waals surface area contributed by atoms with Crippen LogP contribution in [-0.4, -0.2) is 25.5 Å². The van der Waals surface area contributed by atoms with Crippen molar-refractivity contribution in [1.29, 1.82) is 0 Å². The predicted molar refractivity (Wildman–Crippen MR) is 73.7 cm³/mol. The minimum atomic E-state index is -3.73. The summed E-state index contributed by atoms with van der Waals surface area (Å²) < 4.78 is 26.9. The second kappa shape index (κ2) is 6.33. The average molecular weight is 377 g/mol. The van der Waals surface area contributed by atoms with Gasteiger partial charge in [0.15, 0.2) is 0 Å². The summed E-state index contributed by atoms with van der Waals surface area (Å²) in [5, 5.41) is 8.98. The molecule has 1 rings (SSSR count). The number of sulfonamides is 1. The van der Waals surface area contributed by atoms with Gasteiger partial charge in [0.25, 0.3) is 0 Å². The smallest absolute Gasteiger partial charge is 0.304 e. The van der Waals surface area contributed by atoms with Crippen LogP contribution in [0.1, 0.15) is 19.8 Å². The summed E-state index contributed by atoms with van der Waals surface area (Å²) >= 11 is 9.88. The Kier molecular flexibility index (Phi) is 5.60. The van der Waals surface area contributed by atoms with E-state index in [1.54, 1.807) is 6.92 Å². The third-order valence-electron chi connectivity index (χ3n) is 2.12. The molecular weight excluding hydrogens is 366 g/mol. The van der Waals surface area contributed by atoms with Crippen LogP contribution in [0.3, 0.4) is 0 Å². The molecule has 0 fully saturated rings. The molecule has 1 unspecified atom stereocenters. The minimum Gasteiger partial charge on any atom is -0.481 e. The Balaban J connectivity index is 2.90. The number of carbonyl (C=O) groups is 1. The van der Waals surface area contributed by atoms with E-state index in [1.807, 2.05) is 0 Å².